The molecule has 4 aromatic rings. The van der Waals surface area contributed by atoms with Gasteiger partial charge in [-0.15, -0.1) is 0 Å². The predicted octanol–water partition coefficient (Wildman–Crippen LogP) is 6.09. The van der Waals surface area contributed by atoms with E-state index in [1.807, 2.05) is 18.2 Å². The Labute approximate surface area is 331 Å². The minimum absolute atomic E-state index is 0.0132. The summed E-state index contributed by atoms with van der Waals surface area (Å²) in [7, 11) is 0. The van der Waals surface area contributed by atoms with Crippen molar-refractivity contribution in [2.24, 2.45) is 5.92 Å². The Morgan fingerprint density at radius 2 is 1.56 bits per heavy atom. The van der Waals surface area contributed by atoms with Crippen LogP contribution in [-0.2, 0) is 16.1 Å². The number of ether oxygens (including phenoxy) is 1. The van der Waals surface area contributed by atoms with Gasteiger partial charge in [-0.3, -0.25) is 24.6 Å². The highest BCUT2D eigenvalue weighted by atomic mass is 19.1. The molecule has 0 spiro atoms. The van der Waals surface area contributed by atoms with Gasteiger partial charge in [-0.25, -0.2) is 8.78 Å². The number of piperazine rings is 1. The van der Waals surface area contributed by atoms with Crippen molar-refractivity contribution >= 4 is 29.1 Å². The SMILES string of the molecule is Cc1cc(C2COc3cc(O)ccc3C2c2ccc(N3CCC(CN4CCN(c5cc6c(cc5F)C(=O)N([C@H]5CCC(=O)NC5=O)C6)CC4)CC3)cc2)ccc1F. The van der Waals surface area contributed by atoms with Crippen LogP contribution in [-0.4, -0.2) is 91.1 Å². The number of imide groups is 1. The molecule has 5 aliphatic rings. The first kappa shape index (κ1) is 37.1. The Morgan fingerprint density at radius 1 is 0.807 bits per heavy atom. The molecule has 5 aliphatic heterocycles. The van der Waals surface area contributed by atoms with Crippen molar-refractivity contribution in [2.75, 3.05) is 62.2 Å². The molecule has 3 atom stereocenters. The number of hydrogen-bond donors (Lipinski definition) is 2. The number of rotatable bonds is 7. The van der Waals surface area contributed by atoms with Crippen molar-refractivity contribution < 1.29 is 33.0 Å². The van der Waals surface area contributed by atoms with Crippen LogP contribution in [0.15, 0.2) is 72.8 Å². The first-order chi connectivity index (χ1) is 27.6. The lowest BCUT2D eigenvalue weighted by Gasteiger charge is -2.40. The Bertz CT molecular complexity index is 2220. The van der Waals surface area contributed by atoms with E-state index in [0.29, 0.717) is 53.7 Å². The van der Waals surface area contributed by atoms with Gasteiger partial charge in [0.25, 0.3) is 5.91 Å². The molecule has 3 fully saturated rings. The van der Waals surface area contributed by atoms with E-state index in [1.54, 1.807) is 25.1 Å². The number of piperidine rings is 2. The molecule has 0 radical (unpaired) electrons. The van der Waals surface area contributed by atoms with Gasteiger partial charge in [0.15, 0.2) is 0 Å². The molecule has 10 nitrogen and oxygen atoms in total. The Morgan fingerprint density at radius 3 is 2.30 bits per heavy atom. The van der Waals surface area contributed by atoms with E-state index >= 15 is 4.39 Å². The van der Waals surface area contributed by atoms with Crippen molar-refractivity contribution in [2.45, 2.75) is 57.0 Å². The molecule has 5 heterocycles. The fourth-order valence-corrected chi connectivity index (χ4v) is 9.62. The van der Waals surface area contributed by atoms with Crippen molar-refractivity contribution in [3.63, 3.8) is 0 Å². The van der Waals surface area contributed by atoms with Crippen LogP contribution in [0.3, 0.4) is 0 Å². The lowest BCUT2D eigenvalue weighted by atomic mass is 9.75. The van der Waals surface area contributed by atoms with E-state index in [-0.39, 0.29) is 54.6 Å². The Hall–Kier alpha value is -5.49. The summed E-state index contributed by atoms with van der Waals surface area (Å²) in [6.45, 7) is 8.41. The number of aromatic hydroxyl groups is 1. The van der Waals surface area contributed by atoms with Crippen molar-refractivity contribution in [1.29, 1.82) is 0 Å². The van der Waals surface area contributed by atoms with Crippen LogP contribution < -0.4 is 19.9 Å². The third-order valence-corrected chi connectivity index (χ3v) is 12.8. The number of amides is 3. The van der Waals surface area contributed by atoms with E-state index in [0.717, 1.165) is 62.3 Å². The number of hydrogen-bond acceptors (Lipinski definition) is 8. The van der Waals surface area contributed by atoms with Gasteiger partial charge in [0, 0.05) is 93.5 Å². The molecule has 12 heteroatoms. The lowest BCUT2D eigenvalue weighted by Crippen LogP contribution is -2.52. The van der Waals surface area contributed by atoms with Gasteiger partial charge in [0.05, 0.1) is 12.3 Å². The van der Waals surface area contributed by atoms with Gasteiger partial charge in [0.2, 0.25) is 11.8 Å². The number of nitrogens with one attached hydrogen (secondary N) is 1. The largest absolute Gasteiger partial charge is 0.508 e. The number of carbonyl (C=O) groups is 3. The maximum Gasteiger partial charge on any atom is 0.255 e. The standard InChI is InChI=1S/C45H47F2N5O5/c1-27-20-30(4-9-37(27)46)36-26-57-41-22-33(53)7-8-34(41)43(36)29-2-5-32(6-3-29)50-14-12-28(13-15-50)24-49-16-18-51(19-17-49)40-21-31-25-52(45(56)35(31)23-38(40)47)39-10-11-42(54)48-44(39)55/h2-9,20-23,28,36,39,43,53H,10-19,24-26H2,1H3,(H,48,54,55)/t36?,39-,43?/m0/s1. The predicted molar refractivity (Wildman–Crippen MR) is 212 cm³/mol. The number of benzene rings is 4. The van der Waals surface area contributed by atoms with Gasteiger partial charge in [-0.1, -0.05) is 30.3 Å². The van der Waals surface area contributed by atoms with Gasteiger partial charge >= 0.3 is 0 Å². The molecule has 57 heavy (non-hydrogen) atoms. The number of phenolic OH excluding ortho intramolecular Hbond substituents is 1. The first-order valence-corrected chi connectivity index (χ1v) is 20.1. The zero-order valence-electron chi connectivity index (χ0n) is 32.1. The second kappa shape index (κ2) is 15.1. The summed E-state index contributed by atoms with van der Waals surface area (Å²) in [4.78, 5) is 45.7. The molecule has 2 unspecified atom stereocenters. The molecule has 0 bridgehead atoms. The molecular weight excluding hydrogens is 729 g/mol. The zero-order valence-corrected chi connectivity index (χ0v) is 32.1. The number of aryl methyl sites for hydroxylation is 1. The number of nitrogens with zero attached hydrogens (tertiary/aromatic N) is 4. The van der Waals surface area contributed by atoms with Crippen LogP contribution in [0.1, 0.15) is 75.7 Å². The highest BCUT2D eigenvalue weighted by Crippen LogP contribution is 2.47. The molecule has 0 aliphatic carbocycles. The zero-order chi connectivity index (χ0) is 39.4. The Kier molecular flexibility index (Phi) is 9.84. The maximum atomic E-state index is 15.5. The van der Waals surface area contributed by atoms with E-state index in [9.17, 15) is 23.9 Å². The second-order valence-electron chi connectivity index (χ2n) is 16.3. The average Bonchev–Trinajstić information content (AvgIpc) is 3.53. The smallest absolute Gasteiger partial charge is 0.255 e. The fourth-order valence-electron chi connectivity index (χ4n) is 9.62. The summed E-state index contributed by atoms with van der Waals surface area (Å²) in [5, 5.41) is 12.5. The lowest BCUT2D eigenvalue weighted by molar-refractivity contribution is -0.136. The summed E-state index contributed by atoms with van der Waals surface area (Å²) >= 11 is 0. The van der Waals surface area contributed by atoms with E-state index in [2.05, 4.69) is 44.3 Å². The molecule has 3 saturated heterocycles. The van der Waals surface area contributed by atoms with Crippen LogP contribution in [0.2, 0.25) is 0 Å². The summed E-state index contributed by atoms with van der Waals surface area (Å²) in [6, 6.07) is 21.8. The molecule has 9 rings (SSSR count). The molecule has 3 amide bonds. The molecule has 0 aromatic heterocycles. The van der Waals surface area contributed by atoms with Crippen LogP contribution in [0.5, 0.6) is 11.5 Å². The van der Waals surface area contributed by atoms with Gasteiger partial charge in [-0.2, -0.15) is 0 Å². The van der Waals surface area contributed by atoms with Crippen molar-refractivity contribution in [3.05, 3.63) is 118 Å². The van der Waals surface area contributed by atoms with E-state index in [4.69, 9.17) is 4.74 Å². The average molecular weight is 776 g/mol. The molecule has 296 valence electrons. The van der Waals surface area contributed by atoms with Crippen molar-refractivity contribution in [1.82, 2.24) is 15.1 Å². The molecule has 4 aromatic carbocycles. The van der Waals surface area contributed by atoms with Gasteiger partial charge in [0.1, 0.15) is 29.2 Å². The minimum Gasteiger partial charge on any atom is -0.508 e. The van der Waals surface area contributed by atoms with Crippen LogP contribution in [0, 0.1) is 24.5 Å². The molecule has 2 N–H and O–H groups in total. The fraction of sp³-hybridized carbons (Fsp3) is 0.400. The number of phenols is 1. The van der Waals surface area contributed by atoms with Crippen LogP contribution in [0.25, 0.3) is 0 Å². The molecule has 0 saturated carbocycles. The van der Waals surface area contributed by atoms with Crippen molar-refractivity contribution in [3.8, 4) is 11.5 Å². The number of fused-ring (bicyclic) bond motifs is 2. The summed E-state index contributed by atoms with van der Waals surface area (Å²) < 4.78 is 35.8. The van der Waals surface area contributed by atoms with E-state index < -0.39 is 17.8 Å². The molecular formula is C45H47F2N5O5. The second-order valence-corrected chi connectivity index (χ2v) is 16.3. The third kappa shape index (κ3) is 7.20. The highest BCUT2D eigenvalue weighted by Gasteiger charge is 2.40. The highest BCUT2D eigenvalue weighted by molar-refractivity contribution is 6.05. The normalized spacial score (nSPS) is 23.0. The van der Waals surface area contributed by atoms with E-state index in [1.165, 1.54) is 22.7 Å². The van der Waals surface area contributed by atoms with Gasteiger partial charge in [-0.05, 0) is 90.8 Å². The topological polar surface area (TPSA) is 106 Å². The number of anilines is 2. The van der Waals surface area contributed by atoms with Crippen LogP contribution in [0.4, 0.5) is 20.2 Å². The summed E-state index contributed by atoms with van der Waals surface area (Å²) in [5.41, 5.74) is 6.48. The number of carbonyl (C=O) groups excluding carboxylic acids is 3. The first-order valence-electron chi connectivity index (χ1n) is 20.1. The quantitative estimate of drug-likeness (QED) is 0.218. The maximum absolute atomic E-state index is 15.5. The summed E-state index contributed by atoms with van der Waals surface area (Å²) in [6.07, 6.45) is 2.62. The van der Waals surface area contributed by atoms with Gasteiger partial charge < -0.3 is 24.5 Å². The third-order valence-electron chi connectivity index (χ3n) is 12.8. The number of halogens is 2. The Balaban J connectivity index is 0.797. The minimum atomic E-state index is -0.726. The van der Waals surface area contributed by atoms with Crippen LogP contribution >= 0.6 is 0 Å². The monoisotopic (exact) mass is 775 g/mol. The summed E-state index contributed by atoms with van der Waals surface area (Å²) in [5.74, 6) is -0.444.